The van der Waals surface area contributed by atoms with Gasteiger partial charge >= 0.3 is 0 Å². The molecule has 0 aromatic carbocycles. The average Bonchev–Trinajstić information content (AvgIpc) is 2.97. The van der Waals surface area contributed by atoms with Crippen molar-refractivity contribution in [2.24, 2.45) is 0 Å². The van der Waals surface area contributed by atoms with Gasteiger partial charge in [-0.25, -0.2) is 9.97 Å². The number of hydrogen-bond donors (Lipinski definition) is 1. The second-order valence-corrected chi connectivity index (χ2v) is 4.53. The van der Waals surface area contributed by atoms with Gasteiger partial charge in [-0.3, -0.25) is 0 Å². The third kappa shape index (κ3) is 1.48. The predicted molar refractivity (Wildman–Crippen MR) is 64.3 cm³/mol. The number of furan rings is 1. The number of nitrogens with zero attached hydrogens (tertiary/aromatic N) is 2. The zero-order valence-electron chi connectivity index (χ0n) is 8.86. The largest absolute Gasteiger partial charge is 0.461 e. The van der Waals surface area contributed by atoms with Crippen molar-refractivity contribution in [2.45, 2.75) is 11.5 Å². The summed E-state index contributed by atoms with van der Waals surface area (Å²) < 4.78 is 5.32. The molecule has 0 radical (unpaired) electrons. The van der Waals surface area contributed by atoms with E-state index in [0.717, 1.165) is 28.8 Å². The Morgan fingerprint density at radius 3 is 3.06 bits per heavy atom. The van der Waals surface area contributed by atoms with E-state index in [-0.39, 0.29) is 0 Å². The maximum Gasteiger partial charge on any atom is 0.197 e. The number of nitrogens with one attached hydrogen (secondary N) is 1. The zero-order valence-corrected chi connectivity index (χ0v) is 9.67. The molecule has 5 heteroatoms. The van der Waals surface area contributed by atoms with Gasteiger partial charge in [-0.2, -0.15) is 11.8 Å². The third-order valence-electron chi connectivity index (χ3n) is 2.56. The Morgan fingerprint density at radius 1 is 1.38 bits per heavy atom. The molecule has 0 bridgehead atoms. The van der Waals surface area contributed by atoms with E-state index >= 15 is 0 Å². The number of aromatic nitrogens is 2. The highest BCUT2D eigenvalue weighted by atomic mass is 32.2. The van der Waals surface area contributed by atoms with Crippen LogP contribution in [0, 0.1) is 0 Å². The first kappa shape index (κ1) is 9.72. The molecule has 82 valence electrons. The molecule has 1 aliphatic rings. The molecule has 0 spiro atoms. The predicted octanol–water partition coefficient (Wildman–Crippen LogP) is 2.53. The minimum atomic E-state index is 0.663. The first-order valence-corrected chi connectivity index (χ1v) is 6.23. The normalized spacial score (nSPS) is 13.8. The molecule has 3 heterocycles. The molecule has 1 N–H and O–H groups in total. The van der Waals surface area contributed by atoms with E-state index in [1.54, 1.807) is 6.26 Å². The molecule has 1 aliphatic heterocycles. The van der Waals surface area contributed by atoms with E-state index in [0.29, 0.717) is 5.82 Å². The Kier molecular flexibility index (Phi) is 2.32. The van der Waals surface area contributed by atoms with Crippen LogP contribution < -0.4 is 5.32 Å². The number of thioether (sulfide) groups is 1. The Hall–Kier alpha value is -1.49. The fraction of sp³-hybridized carbons (Fsp3) is 0.273. The fourth-order valence-electron chi connectivity index (χ4n) is 1.77. The SMILES string of the molecule is CNc1nc(-c2ccco2)nc2c1CSC2. The van der Waals surface area contributed by atoms with Gasteiger partial charge in [0.1, 0.15) is 5.82 Å². The summed E-state index contributed by atoms with van der Waals surface area (Å²) in [6.07, 6.45) is 1.64. The summed E-state index contributed by atoms with van der Waals surface area (Å²) in [5.74, 6) is 4.25. The van der Waals surface area contributed by atoms with Gasteiger partial charge in [-0.15, -0.1) is 0 Å². The monoisotopic (exact) mass is 233 g/mol. The molecule has 0 saturated heterocycles. The molecule has 2 aromatic rings. The second kappa shape index (κ2) is 3.83. The maximum absolute atomic E-state index is 5.32. The highest BCUT2D eigenvalue weighted by Gasteiger charge is 2.20. The topological polar surface area (TPSA) is 51.0 Å². The Labute approximate surface area is 97.5 Å². The molecule has 16 heavy (non-hydrogen) atoms. The summed E-state index contributed by atoms with van der Waals surface area (Å²) in [6, 6.07) is 3.73. The second-order valence-electron chi connectivity index (χ2n) is 3.54. The first-order chi connectivity index (χ1) is 7.88. The van der Waals surface area contributed by atoms with Crippen LogP contribution >= 0.6 is 11.8 Å². The summed E-state index contributed by atoms with van der Waals surface area (Å²) in [4.78, 5) is 9.01. The van der Waals surface area contributed by atoms with Gasteiger partial charge in [0, 0.05) is 24.1 Å². The number of rotatable bonds is 2. The zero-order chi connectivity index (χ0) is 11.0. The molecular formula is C11H11N3OS. The van der Waals surface area contributed by atoms with Crippen molar-refractivity contribution in [3.8, 4) is 11.6 Å². The van der Waals surface area contributed by atoms with Gasteiger partial charge < -0.3 is 9.73 Å². The van der Waals surface area contributed by atoms with Crippen LogP contribution in [-0.2, 0) is 11.5 Å². The Balaban J connectivity index is 2.15. The van der Waals surface area contributed by atoms with Crippen molar-refractivity contribution in [2.75, 3.05) is 12.4 Å². The van der Waals surface area contributed by atoms with Crippen molar-refractivity contribution in [1.82, 2.24) is 9.97 Å². The van der Waals surface area contributed by atoms with Gasteiger partial charge in [0.05, 0.1) is 12.0 Å². The van der Waals surface area contributed by atoms with Crippen LogP contribution in [0.25, 0.3) is 11.6 Å². The van der Waals surface area contributed by atoms with Crippen LogP contribution in [0.3, 0.4) is 0 Å². The van der Waals surface area contributed by atoms with E-state index in [9.17, 15) is 0 Å². The summed E-state index contributed by atoms with van der Waals surface area (Å²) in [7, 11) is 1.89. The molecule has 0 unspecified atom stereocenters. The lowest BCUT2D eigenvalue weighted by molar-refractivity contribution is 0.577. The molecule has 4 nitrogen and oxygen atoms in total. The van der Waals surface area contributed by atoms with Crippen molar-refractivity contribution in [3.05, 3.63) is 29.7 Å². The summed E-state index contributed by atoms with van der Waals surface area (Å²) in [5, 5.41) is 3.12. The third-order valence-corrected chi connectivity index (χ3v) is 3.53. The fourth-order valence-corrected chi connectivity index (χ4v) is 2.82. The van der Waals surface area contributed by atoms with E-state index < -0.39 is 0 Å². The summed E-state index contributed by atoms with van der Waals surface area (Å²) in [6.45, 7) is 0. The van der Waals surface area contributed by atoms with Crippen molar-refractivity contribution in [1.29, 1.82) is 0 Å². The van der Waals surface area contributed by atoms with Crippen molar-refractivity contribution >= 4 is 17.6 Å². The van der Waals surface area contributed by atoms with E-state index in [1.807, 2.05) is 30.9 Å². The van der Waals surface area contributed by atoms with Gasteiger partial charge in [0.15, 0.2) is 11.6 Å². The number of hydrogen-bond acceptors (Lipinski definition) is 5. The molecule has 0 amide bonds. The Morgan fingerprint density at radius 2 is 2.31 bits per heavy atom. The van der Waals surface area contributed by atoms with Gasteiger partial charge in [0.25, 0.3) is 0 Å². The summed E-state index contributed by atoms with van der Waals surface area (Å²) >= 11 is 1.87. The first-order valence-electron chi connectivity index (χ1n) is 5.07. The lowest BCUT2D eigenvalue weighted by Crippen LogP contribution is -2.02. The number of anilines is 1. The van der Waals surface area contributed by atoms with Crippen LogP contribution in [-0.4, -0.2) is 17.0 Å². The maximum atomic E-state index is 5.32. The van der Waals surface area contributed by atoms with E-state index in [1.165, 1.54) is 5.56 Å². The summed E-state index contributed by atoms with van der Waals surface area (Å²) in [5.41, 5.74) is 2.35. The molecule has 0 aliphatic carbocycles. The van der Waals surface area contributed by atoms with Gasteiger partial charge in [0.2, 0.25) is 0 Å². The standard InChI is InChI=1S/C11H11N3OS/c1-12-10-7-5-16-6-8(7)13-11(14-10)9-3-2-4-15-9/h2-4H,5-6H2,1H3,(H,12,13,14). The number of fused-ring (bicyclic) bond motifs is 1. The molecule has 0 atom stereocenters. The molecule has 0 saturated carbocycles. The van der Waals surface area contributed by atoms with Crippen molar-refractivity contribution in [3.63, 3.8) is 0 Å². The van der Waals surface area contributed by atoms with Gasteiger partial charge in [-0.1, -0.05) is 0 Å². The van der Waals surface area contributed by atoms with Crippen LogP contribution in [0.15, 0.2) is 22.8 Å². The molecule has 0 fully saturated rings. The van der Waals surface area contributed by atoms with Crippen molar-refractivity contribution < 1.29 is 4.42 Å². The van der Waals surface area contributed by atoms with Gasteiger partial charge in [-0.05, 0) is 12.1 Å². The van der Waals surface area contributed by atoms with E-state index in [2.05, 4.69) is 15.3 Å². The van der Waals surface area contributed by atoms with Crippen LogP contribution in [0.2, 0.25) is 0 Å². The quantitative estimate of drug-likeness (QED) is 0.863. The molecule has 2 aromatic heterocycles. The van der Waals surface area contributed by atoms with Crippen LogP contribution in [0.1, 0.15) is 11.3 Å². The highest BCUT2D eigenvalue weighted by Crippen LogP contribution is 2.34. The minimum Gasteiger partial charge on any atom is -0.461 e. The molecule has 3 rings (SSSR count). The molecular weight excluding hydrogens is 222 g/mol. The average molecular weight is 233 g/mol. The smallest absolute Gasteiger partial charge is 0.197 e. The lowest BCUT2D eigenvalue weighted by Gasteiger charge is -2.07. The van der Waals surface area contributed by atoms with Crippen LogP contribution in [0.4, 0.5) is 5.82 Å². The minimum absolute atomic E-state index is 0.663. The van der Waals surface area contributed by atoms with E-state index in [4.69, 9.17) is 4.42 Å². The lowest BCUT2D eigenvalue weighted by atomic mass is 10.2. The Bertz CT molecular complexity index is 510. The highest BCUT2D eigenvalue weighted by molar-refractivity contribution is 7.98. The van der Waals surface area contributed by atoms with Crippen LogP contribution in [0.5, 0.6) is 0 Å².